The van der Waals surface area contributed by atoms with Crippen molar-refractivity contribution in [1.82, 2.24) is 9.97 Å². The Morgan fingerprint density at radius 2 is 2.08 bits per heavy atom. The second-order valence-corrected chi connectivity index (χ2v) is 7.07. The summed E-state index contributed by atoms with van der Waals surface area (Å²) in [5, 5.41) is 22.8. The minimum Gasteiger partial charge on any atom is -0.393 e. The van der Waals surface area contributed by atoms with Crippen LogP contribution >= 0.6 is 0 Å². The maximum Gasteiger partial charge on any atom is 0.144 e. The van der Waals surface area contributed by atoms with Gasteiger partial charge in [-0.1, -0.05) is 6.07 Å². The normalized spacial score (nSPS) is 23.0. The molecule has 2 aliphatic rings. The van der Waals surface area contributed by atoms with Gasteiger partial charge in [-0.2, -0.15) is 5.26 Å². The summed E-state index contributed by atoms with van der Waals surface area (Å²) in [6.45, 7) is 0. The Morgan fingerprint density at radius 3 is 2.80 bits per heavy atom. The third-order valence-corrected chi connectivity index (χ3v) is 5.34. The van der Waals surface area contributed by atoms with Crippen molar-refractivity contribution >= 4 is 5.82 Å². The molecule has 0 saturated heterocycles. The maximum atomic E-state index is 9.72. The molecule has 1 unspecified atom stereocenters. The fraction of sp³-hybridized carbons (Fsp3) is 0.450. The van der Waals surface area contributed by atoms with E-state index in [4.69, 9.17) is 4.98 Å². The first-order valence-electron chi connectivity index (χ1n) is 9.03. The fourth-order valence-corrected chi connectivity index (χ4v) is 3.87. The number of fused-ring (bicyclic) bond motifs is 1. The van der Waals surface area contributed by atoms with Gasteiger partial charge in [0, 0.05) is 11.9 Å². The quantitative estimate of drug-likeness (QED) is 0.897. The smallest absolute Gasteiger partial charge is 0.144 e. The van der Waals surface area contributed by atoms with Crippen molar-refractivity contribution in [3.8, 4) is 6.07 Å². The summed E-state index contributed by atoms with van der Waals surface area (Å²) < 4.78 is 0. The molecule has 0 amide bonds. The van der Waals surface area contributed by atoms with Crippen LogP contribution in [-0.2, 0) is 12.8 Å². The van der Waals surface area contributed by atoms with E-state index in [-0.39, 0.29) is 12.1 Å². The molecule has 0 aromatic carbocycles. The first-order valence-corrected chi connectivity index (χ1v) is 9.03. The van der Waals surface area contributed by atoms with Gasteiger partial charge in [0.15, 0.2) is 0 Å². The van der Waals surface area contributed by atoms with Gasteiger partial charge in [0.2, 0.25) is 0 Å². The fourth-order valence-electron chi connectivity index (χ4n) is 3.87. The lowest BCUT2D eigenvalue weighted by Crippen LogP contribution is -2.36. The third-order valence-electron chi connectivity index (χ3n) is 5.34. The van der Waals surface area contributed by atoms with Crippen molar-refractivity contribution in [3.05, 3.63) is 53.0 Å². The summed E-state index contributed by atoms with van der Waals surface area (Å²) in [5.74, 6) is 0.953. The zero-order valence-electron chi connectivity index (χ0n) is 14.2. The van der Waals surface area contributed by atoms with Gasteiger partial charge in [0.05, 0.1) is 23.4 Å². The average molecular weight is 334 g/mol. The summed E-state index contributed by atoms with van der Waals surface area (Å²) in [6.07, 6.45) is 7.37. The number of nitriles is 1. The van der Waals surface area contributed by atoms with Gasteiger partial charge in [-0.15, -0.1) is 0 Å². The van der Waals surface area contributed by atoms with Crippen LogP contribution in [0.3, 0.4) is 0 Å². The molecule has 5 heteroatoms. The number of pyridine rings is 2. The highest BCUT2D eigenvalue weighted by atomic mass is 16.3. The number of aromatic nitrogens is 2. The second kappa shape index (κ2) is 6.81. The topological polar surface area (TPSA) is 81.8 Å². The SMILES string of the molecule is N#Cc1cc2c(nc1NC(c1ccccn1)C1CC(O)C1)CCCC2. The lowest BCUT2D eigenvalue weighted by molar-refractivity contribution is 0.0333. The minimum atomic E-state index is -0.232. The van der Waals surface area contributed by atoms with Crippen LogP contribution in [0.2, 0.25) is 0 Å². The van der Waals surface area contributed by atoms with E-state index in [1.807, 2.05) is 24.3 Å². The number of hydrogen-bond acceptors (Lipinski definition) is 5. The Morgan fingerprint density at radius 1 is 1.24 bits per heavy atom. The first-order chi connectivity index (χ1) is 12.2. The van der Waals surface area contributed by atoms with Gasteiger partial charge in [-0.3, -0.25) is 4.98 Å². The highest BCUT2D eigenvalue weighted by molar-refractivity contribution is 5.55. The summed E-state index contributed by atoms with van der Waals surface area (Å²) in [4.78, 5) is 9.28. The minimum absolute atomic E-state index is 0.0363. The molecule has 0 aliphatic heterocycles. The second-order valence-electron chi connectivity index (χ2n) is 7.07. The van der Waals surface area contributed by atoms with Crippen LogP contribution in [0, 0.1) is 17.2 Å². The Bertz CT molecular complexity index is 793. The summed E-state index contributed by atoms with van der Waals surface area (Å²) >= 11 is 0. The summed E-state index contributed by atoms with van der Waals surface area (Å²) in [7, 11) is 0. The third kappa shape index (κ3) is 3.22. The molecular weight excluding hydrogens is 312 g/mol. The molecular formula is C20H22N4O. The predicted octanol–water partition coefficient (Wildman–Crippen LogP) is 3.15. The molecule has 2 aromatic rings. The van der Waals surface area contributed by atoms with Crippen LogP contribution in [0.1, 0.15) is 54.2 Å². The van der Waals surface area contributed by atoms with Crippen LogP contribution < -0.4 is 5.32 Å². The van der Waals surface area contributed by atoms with E-state index in [1.54, 1.807) is 6.20 Å². The highest BCUT2D eigenvalue weighted by Crippen LogP contribution is 2.39. The molecule has 1 saturated carbocycles. The average Bonchev–Trinajstić information content (AvgIpc) is 2.64. The van der Waals surface area contributed by atoms with Crippen molar-refractivity contribution < 1.29 is 5.11 Å². The molecule has 2 heterocycles. The van der Waals surface area contributed by atoms with E-state index in [0.29, 0.717) is 17.3 Å². The van der Waals surface area contributed by atoms with Crippen LogP contribution in [0.15, 0.2) is 30.5 Å². The van der Waals surface area contributed by atoms with Gasteiger partial charge >= 0.3 is 0 Å². The first kappa shape index (κ1) is 16.0. The molecule has 0 spiro atoms. The number of rotatable bonds is 4. The lowest BCUT2D eigenvalue weighted by atomic mass is 9.76. The number of aliphatic hydroxyl groups excluding tert-OH is 1. The number of hydrogen-bond donors (Lipinski definition) is 2. The molecule has 0 bridgehead atoms. The van der Waals surface area contributed by atoms with E-state index >= 15 is 0 Å². The Labute approximate surface area is 147 Å². The van der Waals surface area contributed by atoms with Gasteiger partial charge < -0.3 is 10.4 Å². The lowest BCUT2D eigenvalue weighted by Gasteiger charge is -2.38. The standard InChI is InChI=1S/C20H22N4O/c21-12-15-9-13-5-1-2-6-17(13)23-20(15)24-19(14-10-16(25)11-14)18-7-3-4-8-22-18/h3-4,7-9,14,16,19,25H,1-2,5-6,10-11H2,(H,23,24). The molecule has 5 nitrogen and oxygen atoms in total. The molecule has 128 valence electrons. The Kier molecular flexibility index (Phi) is 4.37. The Balaban J connectivity index is 1.67. The van der Waals surface area contributed by atoms with Gasteiger partial charge in [-0.25, -0.2) is 4.98 Å². The number of aryl methyl sites for hydroxylation is 2. The number of nitrogens with one attached hydrogen (secondary N) is 1. The van der Waals surface area contributed by atoms with E-state index in [0.717, 1.165) is 43.5 Å². The van der Waals surface area contributed by atoms with Crippen molar-refractivity contribution in [2.24, 2.45) is 5.92 Å². The van der Waals surface area contributed by atoms with Gasteiger partial charge in [-0.05, 0) is 68.2 Å². The van der Waals surface area contributed by atoms with Crippen LogP contribution in [0.25, 0.3) is 0 Å². The molecule has 25 heavy (non-hydrogen) atoms. The maximum absolute atomic E-state index is 9.72. The summed E-state index contributed by atoms with van der Waals surface area (Å²) in [5.41, 5.74) is 3.85. The van der Waals surface area contributed by atoms with E-state index in [2.05, 4.69) is 16.4 Å². The van der Waals surface area contributed by atoms with Crippen LogP contribution in [0.5, 0.6) is 0 Å². The zero-order chi connectivity index (χ0) is 17.2. The zero-order valence-corrected chi connectivity index (χ0v) is 14.2. The number of nitrogens with zero attached hydrogens (tertiary/aromatic N) is 3. The van der Waals surface area contributed by atoms with Gasteiger partial charge in [0.1, 0.15) is 11.9 Å². The van der Waals surface area contributed by atoms with E-state index in [9.17, 15) is 10.4 Å². The highest BCUT2D eigenvalue weighted by Gasteiger charge is 2.36. The molecule has 1 fully saturated rings. The van der Waals surface area contributed by atoms with Crippen molar-refractivity contribution in [3.63, 3.8) is 0 Å². The van der Waals surface area contributed by atoms with Crippen molar-refractivity contribution in [2.75, 3.05) is 5.32 Å². The number of aliphatic hydroxyl groups is 1. The summed E-state index contributed by atoms with van der Waals surface area (Å²) in [6, 6.07) is 10.1. The number of anilines is 1. The predicted molar refractivity (Wildman–Crippen MR) is 94.9 cm³/mol. The molecule has 0 radical (unpaired) electrons. The molecule has 2 N–H and O–H groups in total. The molecule has 1 atom stereocenters. The molecule has 2 aromatic heterocycles. The van der Waals surface area contributed by atoms with E-state index in [1.165, 1.54) is 12.0 Å². The molecule has 4 rings (SSSR count). The Hall–Kier alpha value is -2.45. The largest absolute Gasteiger partial charge is 0.393 e. The van der Waals surface area contributed by atoms with Crippen LogP contribution in [-0.4, -0.2) is 21.2 Å². The molecule has 2 aliphatic carbocycles. The van der Waals surface area contributed by atoms with Crippen molar-refractivity contribution in [1.29, 1.82) is 5.26 Å². The van der Waals surface area contributed by atoms with Crippen molar-refractivity contribution in [2.45, 2.75) is 50.7 Å². The van der Waals surface area contributed by atoms with Gasteiger partial charge in [0.25, 0.3) is 0 Å². The van der Waals surface area contributed by atoms with Crippen LogP contribution in [0.4, 0.5) is 5.82 Å². The van der Waals surface area contributed by atoms with E-state index < -0.39 is 0 Å². The monoisotopic (exact) mass is 334 g/mol.